The predicted molar refractivity (Wildman–Crippen MR) is 107 cm³/mol. The van der Waals surface area contributed by atoms with Crippen molar-refractivity contribution in [3.63, 3.8) is 0 Å². The van der Waals surface area contributed by atoms with Crippen molar-refractivity contribution in [2.45, 2.75) is 99.5 Å². The van der Waals surface area contributed by atoms with Crippen LogP contribution in [0.25, 0.3) is 0 Å². The van der Waals surface area contributed by atoms with Gasteiger partial charge >= 0.3 is 7.82 Å². The zero-order valence-corrected chi connectivity index (χ0v) is 18.6. The van der Waals surface area contributed by atoms with Crippen molar-refractivity contribution >= 4 is 7.82 Å². The van der Waals surface area contributed by atoms with Crippen LogP contribution < -0.4 is 0 Å². The summed E-state index contributed by atoms with van der Waals surface area (Å²) in [6, 6.07) is 0. The third-order valence-corrected chi connectivity index (χ3v) is 6.03. The van der Waals surface area contributed by atoms with Crippen molar-refractivity contribution in [1.82, 2.24) is 0 Å². The molecule has 1 N–H and O–H groups in total. The van der Waals surface area contributed by atoms with Gasteiger partial charge in [0, 0.05) is 0 Å². The summed E-state index contributed by atoms with van der Waals surface area (Å²) in [6.07, 6.45) is 7.37. The van der Waals surface area contributed by atoms with Gasteiger partial charge in [0.25, 0.3) is 0 Å². The van der Waals surface area contributed by atoms with E-state index >= 15 is 0 Å². The molecule has 0 aromatic heterocycles. The van der Waals surface area contributed by atoms with E-state index in [1.54, 1.807) is 0 Å². The molecule has 0 aliphatic heterocycles. The summed E-state index contributed by atoms with van der Waals surface area (Å²) in [4.78, 5) is 10.0. The maximum Gasteiger partial charge on any atom is 0.472 e. The Morgan fingerprint density at radius 1 is 0.920 bits per heavy atom. The molecule has 0 fully saturated rings. The minimum absolute atomic E-state index is 0.271. The molecule has 0 aliphatic carbocycles. The summed E-state index contributed by atoms with van der Waals surface area (Å²) in [7, 11) is -3.98. The van der Waals surface area contributed by atoms with Crippen LogP contribution in [-0.4, -0.2) is 17.6 Å². The lowest BCUT2D eigenvalue weighted by Crippen LogP contribution is -2.20. The first-order valence-corrected chi connectivity index (χ1v) is 11.8. The molecule has 0 bridgehead atoms. The average Bonchev–Trinajstić information content (AvgIpc) is 2.45. The van der Waals surface area contributed by atoms with Gasteiger partial charge in [-0.15, -0.1) is 0 Å². The molecule has 0 aromatic carbocycles. The third kappa shape index (κ3) is 13.0. The molecule has 0 aromatic rings. The summed E-state index contributed by atoms with van der Waals surface area (Å²) < 4.78 is 22.9. The molecular weight excluding hydrogens is 335 g/mol. The Hall–Kier alpha value is 0.110. The first kappa shape index (κ1) is 25.1. The maximum absolute atomic E-state index is 12.2. The Labute approximate surface area is 156 Å². The van der Waals surface area contributed by atoms with E-state index in [2.05, 4.69) is 41.5 Å². The summed E-state index contributed by atoms with van der Waals surface area (Å²) >= 11 is 0. The zero-order chi connectivity index (χ0) is 19.5. The van der Waals surface area contributed by atoms with Crippen LogP contribution in [0.3, 0.4) is 0 Å². The smallest absolute Gasteiger partial charge is 0.302 e. The minimum atomic E-state index is -3.98. The molecule has 5 heteroatoms. The predicted octanol–water partition coefficient (Wildman–Crippen LogP) is 6.82. The molecule has 4 nitrogen and oxygen atoms in total. The highest BCUT2D eigenvalue weighted by Crippen LogP contribution is 2.46. The second-order valence-corrected chi connectivity index (χ2v) is 9.71. The molecule has 0 rings (SSSR count). The second kappa shape index (κ2) is 13.3. The van der Waals surface area contributed by atoms with Crippen LogP contribution in [0.15, 0.2) is 0 Å². The molecular formula is C20H43O4P. The topological polar surface area (TPSA) is 55.8 Å². The van der Waals surface area contributed by atoms with Crippen molar-refractivity contribution in [3.05, 3.63) is 0 Å². The third-order valence-electron chi connectivity index (χ3n) is 4.93. The molecule has 0 amide bonds. The number of hydrogen-bond acceptors (Lipinski definition) is 3. The van der Waals surface area contributed by atoms with Gasteiger partial charge in [-0.25, -0.2) is 4.57 Å². The molecule has 0 heterocycles. The molecule has 0 saturated carbocycles. The highest BCUT2D eigenvalue weighted by molar-refractivity contribution is 7.47. The van der Waals surface area contributed by atoms with Gasteiger partial charge < -0.3 is 4.89 Å². The molecule has 25 heavy (non-hydrogen) atoms. The van der Waals surface area contributed by atoms with Crippen molar-refractivity contribution in [2.24, 2.45) is 23.7 Å². The number of phosphoric acid groups is 1. The van der Waals surface area contributed by atoms with Crippen LogP contribution in [0.4, 0.5) is 0 Å². The second-order valence-electron chi connectivity index (χ2n) is 8.31. The Bertz CT molecular complexity index is 373. The first-order valence-electron chi connectivity index (χ1n) is 10.3. The summed E-state index contributed by atoms with van der Waals surface area (Å²) in [5.41, 5.74) is 0. The van der Waals surface area contributed by atoms with Crippen LogP contribution >= 0.6 is 7.82 Å². The van der Waals surface area contributed by atoms with Gasteiger partial charge in [0.2, 0.25) is 0 Å². The van der Waals surface area contributed by atoms with Gasteiger partial charge in [-0.2, -0.15) is 0 Å². The molecule has 5 unspecified atom stereocenters. The van der Waals surface area contributed by atoms with Crippen molar-refractivity contribution in [3.8, 4) is 0 Å². The molecule has 0 aliphatic rings. The lowest BCUT2D eigenvalue weighted by molar-refractivity contribution is 0.0795. The van der Waals surface area contributed by atoms with Crippen LogP contribution in [0.2, 0.25) is 0 Å². The van der Waals surface area contributed by atoms with Crippen LogP contribution in [0, 0.1) is 23.7 Å². The molecule has 0 radical (unpaired) electrons. The van der Waals surface area contributed by atoms with E-state index < -0.39 is 7.82 Å². The molecule has 0 spiro atoms. The minimum Gasteiger partial charge on any atom is -0.302 e. The fourth-order valence-corrected chi connectivity index (χ4v) is 4.50. The first-order chi connectivity index (χ1) is 11.6. The Balaban J connectivity index is 4.59. The maximum atomic E-state index is 12.2. The lowest BCUT2D eigenvalue weighted by atomic mass is 9.84. The van der Waals surface area contributed by atoms with E-state index in [9.17, 15) is 9.46 Å². The molecule has 0 saturated heterocycles. The van der Waals surface area contributed by atoms with Crippen molar-refractivity contribution in [2.75, 3.05) is 6.61 Å². The van der Waals surface area contributed by atoms with Gasteiger partial charge in [-0.3, -0.25) is 9.05 Å². The monoisotopic (exact) mass is 378 g/mol. The Kier molecular flexibility index (Phi) is 13.4. The quantitative estimate of drug-likeness (QED) is 0.318. The van der Waals surface area contributed by atoms with Crippen molar-refractivity contribution in [1.29, 1.82) is 0 Å². The molecule has 5 atom stereocenters. The normalized spacial score (nSPS) is 19.4. The summed E-state index contributed by atoms with van der Waals surface area (Å²) in [6.45, 7) is 15.2. The fourth-order valence-electron chi connectivity index (χ4n) is 3.51. The van der Waals surface area contributed by atoms with E-state index in [1.165, 1.54) is 12.8 Å². The van der Waals surface area contributed by atoms with Gasteiger partial charge in [0.05, 0.1) is 12.7 Å². The molecule has 152 valence electrons. The van der Waals surface area contributed by atoms with Gasteiger partial charge in [-0.1, -0.05) is 73.6 Å². The Morgan fingerprint density at radius 2 is 1.52 bits per heavy atom. The van der Waals surface area contributed by atoms with Gasteiger partial charge in [0.15, 0.2) is 0 Å². The summed E-state index contributed by atoms with van der Waals surface area (Å²) in [5.74, 6) is 1.92. The average molecular weight is 379 g/mol. The number of phosphoric ester groups is 1. The Morgan fingerprint density at radius 3 is 2.04 bits per heavy atom. The van der Waals surface area contributed by atoms with Gasteiger partial charge in [0.1, 0.15) is 0 Å². The zero-order valence-electron chi connectivity index (χ0n) is 17.7. The van der Waals surface area contributed by atoms with E-state index in [1.807, 2.05) is 6.92 Å². The highest BCUT2D eigenvalue weighted by atomic mass is 31.2. The number of rotatable bonds is 15. The van der Waals surface area contributed by atoms with Crippen LogP contribution in [-0.2, 0) is 13.6 Å². The highest BCUT2D eigenvalue weighted by Gasteiger charge is 2.28. The van der Waals surface area contributed by atoms with E-state index in [-0.39, 0.29) is 6.10 Å². The van der Waals surface area contributed by atoms with Crippen LogP contribution in [0.1, 0.15) is 93.4 Å². The summed E-state index contributed by atoms with van der Waals surface area (Å²) in [5, 5.41) is 0. The van der Waals surface area contributed by atoms with E-state index in [0.29, 0.717) is 30.3 Å². The fraction of sp³-hybridized carbons (Fsp3) is 1.00. The van der Waals surface area contributed by atoms with Gasteiger partial charge in [-0.05, 0) is 43.4 Å². The standard InChI is InChI=1S/C20H43O4P/c1-8-10-17(5)12-13-20(18(6)11-9-2)15-23-25(21,22)24-19(7)14-16(3)4/h16-20H,8-15H2,1-7H3,(H,21,22). The largest absolute Gasteiger partial charge is 0.472 e. The lowest BCUT2D eigenvalue weighted by Gasteiger charge is -2.26. The van der Waals surface area contributed by atoms with Crippen molar-refractivity contribution < 1.29 is 18.5 Å². The van der Waals surface area contributed by atoms with E-state index in [0.717, 1.165) is 32.1 Å². The van der Waals surface area contributed by atoms with Crippen LogP contribution in [0.5, 0.6) is 0 Å². The van der Waals surface area contributed by atoms with E-state index in [4.69, 9.17) is 9.05 Å². The SMILES string of the molecule is CCCC(C)CCC(COP(=O)(O)OC(C)CC(C)C)C(C)CCC. The number of hydrogen-bond donors (Lipinski definition) is 1.